The van der Waals surface area contributed by atoms with Crippen molar-refractivity contribution in [2.75, 3.05) is 20.3 Å². The first-order valence-corrected chi connectivity index (χ1v) is 11.0. The number of esters is 1. The van der Waals surface area contributed by atoms with E-state index in [1.165, 1.54) is 13.5 Å². The molecule has 31 heavy (non-hydrogen) atoms. The van der Waals surface area contributed by atoms with Gasteiger partial charge in [-0.15, -0.1) is 6.58 Å². The van der Waals surface area contributed by atoms with E-state index in [2.05, 4.69) is 21.9 Å². The molecule has 7 heteroatoms. The Hall–Kier alpha value is -2.83. The van der Waals surface area contributed by atoms with Gasteiger partial charge in [0, 0.05) is 12.8 Å². The number of carbonyl (C=O) groups is 3. The van der Waals surface area contributed by atoms with Crippen LogP contribution in [0.1, 0.15) is 57.8 Å². The molecule has 0 saturated heterocycles. The number of unbranched alkanes of at least 4 members (excludes halogenated alkanes) is 6. The lowest BCUT2D eigenvalue weighted by atomic mass is 10.1. The Kier molecular flexibility index (Phi) is 14.3. The predicted molar refractivity (Wildman–Crippen MR) is 121 cm³/mol. The predicted octanol–water partition coefficient (Wildman–Crippen LogP) is 3.54. The highest BCUT2D eigenvalue weighted by Crippen LogP contribution is 2.10. The van der Waals surface area contributed by atoms with Crippen LogP contribution in [-0.4, -0.2) is 44.1 Å². The molecule has 0 radical (unpaired) electrons. The fourth-order valence-electron chi connectivity index (χ4n) is 2.98. The zero-order chi connectivity index (χ0) is 22.7. The molecule has 172 valence electrons. The van der Waals surface area contributed by atoms with Gasteiger partial charge in [0.05, 0.1) is 13.7 Å². The highest BCUT2D eigenvalue weighted by atomic mass is 16.5. The molecule has 0 heterocycles. The number of para-hydroxylation sites is 1. The van der Waals surface area contributed by atoms with Crippen LogP contribution < -0.4 is 15.4 Å². The molecule has 1 rings (SSSR count). The van der Waals surface area contributed by atoms with Crippen LogP contribution in [-0.2, 0) is 19.1 Å². The summed E-state index contributed by atoms with van der Waals surface area (Å²) < 4.78 is 10.2. The second kappa shape index (κ2) is 16.9. The van der Waals surface area contributed by atoms with Gasteiger partial charge >= 0.3 is 5.97 Å². The van der Waals surface area contributed by atoms with Gasteiger partial charge in [-0.25, -0.2) is 0 Å². The fraction of sp³-hybridized carbons (Fsp3) is 0.542. The van der Waals surface area contributed by atoms with Crippen LogP contribution in [0.2, 0.25) is 0 Å². The molecule has 1 aromatic carbocycles. The third-order valence-corrected chi connectivity index (χ3v) is 4.77. The van der Waals surface area contributed by atoms with Crippen LogP contribution in [0.5, 0.6) is 5.75 Å². The van der Waals surface area contributed by atoms with E-state index in [9.17, 15) is 14.4 Å². The highest BCUT2D eigenvalue weighted by molar-refractivity contribution is 5.89. The summed E-state index contributed by atoms with van der Waals surface area (Å²) >= 11 is 0. The second-order valence-electron chi connectivity index (χ2n) is 7.31. The first-order chi connectivity index (χ1) is 15.1. The molecule has 0 aliphatic heterocycles. The zero-order valence-electron chi connectivity index (χ0n) is 18.6. The van der Waals surface area contributed by atoms with Crippen LogP contribution in [0, 0.1) is 0 Å². The van der Waals surface area contributed by atoms with Crippen LogP contribution in [0.4, 0.5) is 0 Å². The maximum atomic E-state index is 12.4. The summed E-state index contributed by atoms with van der Waals surface area (Å²) in [5, 5.41) is 5.27. The Morgan fingerprint density at radius 1 is 1.03 bits per heavy atom. The van der Waals surface area contributed by atoms with Gasteiger partial charge in [0.2, 0.25) is 11.8 Å². The topological polar surface area (TPSA) is 93.7 Å². The number of amides is 2. The molecule has 0 saturated carbocycles. The van der Waals surface area contributed by atoms with Gasteiger partial charge in [0.15, 0.2) is 0 Å². The van der Waals surface area contributed by atoms with E-state index in [-0.39, 0.29) is 25.5 Å². The fourth-order valence-corrected chi connectivity index (χ4v) is 2.98. The molecule has 2 amide bonds. The summed E-state index contributed by atoms with van der Waals surface area (Å²) in [5.74, 6) is -0.468. The summed E-state index contributed by atoms with van der Waals surface area (Å²) in [4.78, 5) is 36.1. The standard InChI is InChI=1S/C24H36N2O5/c1-3-4-5-6-7-8-9-13-16-22(27)26-21(24(29)25-19-23(28)30-2)17-18-31-20-14-11-10-12-15-20/h3,10-12,14-15,21H,1,4-9,13,16-19H2,2H3,(H,25,29)(H,26,27)/t21-/m0/s1. The minimum absolute atomic E-state index is 0.176. The number of rotatable bonds is 17. The summed E-state index contributed by atoms with van der Waals surface area (Å²) in [6.45, 7) is 3.73. The molecule has 0 bridgehead atoms. The molecular formula is C24H36N2O5. The van der Waals surface area contributed by atoms with Crippen molar-refractivity contribution >= 4 is 17.8 Å². The molecule has 0 aromatic heterocycles. The van der Waals surface area contributed by atoms with Gasteiger partial charge in [-0.3, -0.25) is 14.4 Å². The maximum Gasteiger partial charge on any atom is 0.325 e. The number of nitrogens with one attached hydrogen (secondary N) is 2. The third kappa shape index (κ3) is 13.2. The Labute approximate surface area is 185 Å². The first-order valence-electron chi connectivity index (χ1n) is 11.0. The summed E-state index contributed by atoms with van der Waals surface area (Å²) in [6.07, 6.45) is 10.0. The van der Waals surface area contributed by atoms with E-state index < -0.39 is 17.9 Å². The van der Waals surface area contributed by atoms with Crippen molar-refractivity contribution in [3.63, 3.8) is 0 Å². The number of hydrogen-bond acceptors (Lipinski definition) is 5. The normalized spacial score (nSPS) is 11.3. The molecule has 2 N–H and O–H groups in total. The lowest BCUT2D eigenvalue weighted by Gasteiger charge is -2.18. The minimum Gasteiger partial charge on any atom is -0.494 e. The van der Waals surface area contributed by atoms with E-state index in [0.29, 0.717) is 12.2 Å². The number of methoxy groups -OCH3 is 1. The van der Waals surface area contributed by atoms with Crippen LogP contribution in [0.25, 0.3) is 0 Å². The molecule has 0 fully saturated rings. The number of benzene rings is 1. The van der Waals surface area contributed by atoms with Gasteiger partial charge in [-0.1, -0.05) is 50.0 Å². The average Bonchev–Trinajstić information content (AvgIpc) is 2.79. The number of hydrogen-bond donors (Lipinski definition) is 2. The monoisotopic (exact) mass is 432 g/mol. The van der Waals surface area contributed by atoms with Gasteiger partial charge in [-0.2, -0.15) is 0 Å². The molecule has 0 spiro atoms. The van der Waals surface area contributed by atoms with E-state index >= 15 is 0 Å². The molecule has 0 aliphatic carbocycles. The van der Waals surface area contributed by atoms with E-state index in [1.54, 1.807) is 0 Å². The van der Waals surface area contributed by atoms with Gasteiger partial charge < -0.3 is 20.1 Å². The van der Waals surface area contributed by atoms with Crippen molar-refractivity contribution in [2.45, 2.75) is 63.8 Å². The Morgan fingerprint density at radius 3 is 2.39 bits per heavy atom. The van der Waals surface area contributed by atoms with E-state index in [1.807, 2.05) is 36.4 Å². The maximum absolute atomic E-state index is 12.4. The SMILES string of the molecule is C=CCCCCCCCCC(=O)N[C@@H](CCOc1ccccc1)C(=O)NCC(=O)OC. The van der Waals surface area contributed by atoms with Crippen molar-refractivity contribution < 1.29 is 23.9 Å². The Morgan fingerprint density at radius 2 is 1.71 bits per heavy atom. The third-order valence-electron chi connectivity index (χ3n) is 4.77. The lowest BCUT2D eigenvalue weighted by Crippen LogP contribution is -2.48. The smallest absolute Gasteiger partial charge is 0.325 e. The lowest BCUT2D eigenvalue weighted by molar-refractivity contribution is -0.141. The molecule has 1 atom stereocenters. The van der Waals surface area contributed by atoms with Crippen molar-refractivity contribution in [3.05, 3.63) is 43.0 Å². The Bertz CT molecular complexity index is 663. The van der Waals surface area contributed by atoms with Crippen molar-refractivity contribution in [3.8, 4) is 5.75 Å². The number of ether oxygens (including phenoxy) is 2. The molecule has 7 nitrogen and oxygen atoms in total. The van der Waals surface area contributed by atoms with E-state index in [4.69, 9.17) is 4.74 Å². The summed E-state index contributed by atoms with van der Waals surface area (Å²) in [6, 6.07) is 8.47. The second-order valence-corrected chi connectivity index (χ2v) is 7.31. The molecule has 0 unspecified atom stereocenters. The largest absolute Gasteiger partial charge is 0.494 e. The molecule has 0 aliphatic rings. The van der Waals surface area contributed by atoms with Crippen LogP contribution in [0.3, 0.4) is 0 Å². The molecular weight excluding hydrogens is 396 g/mol. The number of allylic oxidation sites excluding steroid dienone is 1. The van der Waals surface area contributed by atoms with Crippen LogP contribution >= 0.6 is 0 Å². The zero-order valence-corrected chi connectivity index (χ0v) is 18.6. The van der Waals surface area contributed by atoms with Gasteiger partial charge in [-0.05, 0) is 31.4 Å². The van der Waals surface area contributed by atoms with Crippen molar-refractivity contribution in [1.82, 2.24) is 10.6 Å². The van der Waals surface area contributed by atoms with Crippen LogP contribution in [0.15, 0.2) is 43.0 Å². The van der Waals surface area contributed by atoms with E-state index in [0.717, 1.165) is 38.5 Å². The van der Waals surface area contributed by atoms with Crippen molar-refractivity contribution in [2.24, 2.45) is 0 Å². The summed E-state index contributed by atoms with van der Waals surface area (Å²) in [5.41, 5.74) is 0. The van der Waals surface area contributed by atoms with Gasteiger partial charge in [0.25, 0.3) is 0 Å². The quantitative estimate of drug-likeness (QED) is 0.223. The Balaban J connectivity index is 2.40. The first kappa shape index (κ1) is 26.2. The number of carbonyl (C=O) groups excluding carboxylic acids is 3. The average molecular weight is 433 g/mol. The summed E-state index contributed by atoms with van der Waals surface area (Å²) in [7, 11) is 1.25. The minimum atomic E-state index is -0.778. The van der Waals surface area contributed by atoms with Gasteiger partial charge in [0.1, 0.15) is 18.3 Å². The van der Waals surface area contributed by atoms with Crippen molar-refractivity contribution in [1.29, 1.82) is 0 Å². The highest BCUT2D eigenvalue weighted by Gasteiger charge is 2.21. The molecule has 1 aromatic rings.